The number of methoxy groups -OCH3 is 2. The molecule has 0 amide bonds. The van der Waals surface area contributed by atoms with Gasteiger partial charge in [-0.25, -0.2) is 0 Å². The van der Waals surface area contributed by atoms with Gasteiger partial charge in [-0.3, -0.25) is 0 Å². The zero-order chi connectivity index (χ0) is 13.1. The number of ether oxygens (including phenoxy) is 2. The van der Waals surface area contributed by atoms with Gasteiger partial charge >= 0.3 is 0 Å². The summed E-state index contributed by atoms with van der Waals surface area (Å²) in [6.07, 6.45) is 2.51. The smallest absolute Gasteiger partial charge is 0.145 e. The Morgan fingerprint density at radius 1 is 1.22 bits per heavy atom. The van der Waals surface area contributed by atoms with E-state index >= 15 is 0 Å². The molecule has 1 aliphatic rings. The van der Waals surface area contributed by atoms with Gasteiger partial charge in [-0.1, -0.05) is 11.6 Å². The lowest BCUT2D eigenvalue weighted by atomic mass is 10.2. The molecule has 1 aromatic rings. The number of halogens is 1. The Balaban J connectivity index is 2.23. The fraction of sp³-hybridized carbons (Fsp3) is 0.538. The van der Waals surface area contributed by atoms with Crippen LogP contribution in [0.25, 0.3) is 0 Å². The molecular weight excluding hydrogens is 254 g/mol. The standard InChI is InChI=1S/C13H18ClNO3/c1-17-12-7-13(18-2)10(6-8(12)14)15-9-4-3-5-11(9)16/h6-7,9,11,15-16H,3-5H2,1-2H3. The Morgan fingerprint density at radius 2 is 1.94 bits per heavy atom. The Labute approximate surface area is 112 Å². The van der Waals surface area contributed by atoms with Gasteiger partial charge in [0.1, 0.15) is 11.5 Å². The molecule has 0 radical (unpaired) electrons. The van der Waals surface area contributed by atoms with E-state index in [-0.39, 0.29) is 12.1 Å². The molecular formula is C13H18ClNO3. The Morgan fingerprint density at radius 3 is 2.50 bits per heavy atom. The van der Waals surface area contributed by atoms with Gasteiger partial charge in [-0.2, -0.15) is 0 Å². The molecule has 2 atom stereocenters. The fourth-order valence-electron chi connectivity index (χ4n) is 2.28. The highest BCUT2D eigenvalue weighted by atomic mass is 35.5. The lowest BCUT2D eigenvalue weighted by Crippen LogP contribution is -2.28. The number of anilines is 1. The van der Waals surface area contributed by atoms with Crippen LogP contribution in [0.15, 0.2) is 12.1 Å². The van der Waals surface area contributed by atoms with Crippen LogP contribution < -0.4 is 14.8 Å². The van der Waals surface area contributed by atoms with Crippen LogP contribution in [0.1, 0.15) is 19.3 Å². The van der Waals surface area contributed by atoms with Crippen molar-refractivity contribution < 1.29 is 14.6 Å². The first kappa shape index (κ1) is 13.3. The molecule has 0 saturated heterocycles. The van der Waals surface area contributed by atoms with Crippen molar-refractivity contribution in [3.05, 3.63) is 17.2 Å². The van der Waals surface area contributed by atoms with Crippen LogP contribution in [0.4, 0.5) is 5.69 Å². The fourth-order valence-corrected chi connectivity index (χ4v) is 2.52. The van der Waals surface area contributed by atoms with E-state index in [1.54, 1.807) is 26.4 Å². The van der Waals surface area contributed by atoms with E-state index in [2.05, 4.69) is 5.32 Å². The monoisotopic (exact) mass is 271 g/mol. The Bertz CT molecular complexity index is 425. The number of nitrogens with one attached hydrogen (secondary N) is 1. The van der Waals surface area contributed by atoms with Crippen LogP contribution in [-0.4, -0.2) is 31.5 Å². The van der Waals surface area contributed by atoms with Crippen LogP contribution >= 0.6 is 11.6 Å². The van der Waals surface area contributed by atoms with Crippen molar-refractivity contribution in [3.63, 3.8) is 0 Å². The zero-order valence-electron chi connectivity index (χ0n) is 10.6. The second-order valence-electron chi connectivity index (χ2n) is 4.44. The maximum atomic E-state index is 9.82. The second-order valence-corrected chi connectivity index (χ2v) is 4.84. The molecule has 1 aromatic carbocycles. The van der Waals surface area contributed by atoms with Gasteiger partial charge in [0.15, 0.2) is 0 Å². The van der Waals surface area contributed by atoms with Gasteiger partial charge in [0, 0.05) is 6.07 Å². The Kier molecular flexibility index (Phi) is 4.19. The summed E-state index contributed by atoms with van der Waals surface area (Å²) in [7, 11) is 3.16. The van der Waals surface area contributed by atoms with E-state index in [1.807, 2.05) is 0 Å². The van der Waals surface area contributed by atoms with Crippen LogP contribution in [-0.2, 0) is 0 Å². The molecule has 0 aromatic heterocycles. The average Bonchev–Trinajstić information content (AvgIpc) is 2.75. The molecule has 0 bridgehead atoms. The molecule has 18 heavy (non-hydrogen) atoms. The maximum absolute atomic E-state index is 9.82. The van der Waals surface area contributed by atoms with E-state index in [4.69, 9.17) is 21.1 Å². The van der Waals surface area contributed by atoms with Crippen molar-refractivity contribution >= 4 is 17.3 Å². The minimum absolute atomic E-state index is 0.0587. The van der Waals surface area contributed by atoms with Crippen LogP contribution in [0, 0.1) is 0 Å². The van der Waals surface area contributed by atoms with E-state index in [0.29, 0.717) is 16.5 Å². The summed E-state index contributed by atoms with van der Waals surface area (Å²) in [6.45, 7) is 0. The number of benzene rings is 1. The molecule has 5 heteroatoms. The first-order valence-electron chi connectivity index (χ1n) is 6.02. The molecule has 2 unspecified atom stereocenters. The van der Waals surface area contributed by atoms with E-state index in [0.717, 1.165) is 24.9 Å². The van der Waals surface area contributed by atoms with Gasteiger partial charge in [-0.05, 0) is 25.3 Å². The van der Waals surface area contributed by atoms with Crippen molar-refractivity contribution in [1.82, 2.24) is 0 Å². The molecule has 2 rings (SSSR count). The summed E-state index contributed by atoms with van der Waals surface area (Å²) in [5, 5.41) is 13.6. The quantitative estimate of drug-likeness (QED) is 0.884. The Hall–Kier alpha value is -1.13. The highest BCUT2D eigenvalue weighted by Crippen LogP contribution is 2.37. The molecule has 0 aliphatic heterocycles. The average molecular weight is 272 g/mol. The van der Waals surface area contributed by atoms with Crippen molar-refractivity contribution in [2.45, 2.75) is 31.4 Å². The summed E-state index contributed by atoms with van der Waals surface area (Å²) < 4.78 is 10.5. The number of rotatable bonds is 4. The predicted octanol–water partition coefficient (Wildman–Crippen LogP) is 2.68. The number of aliphatic hydroxyl groups is 1. The van der Waals surface area contributed by atoms with Crippen molar-refractivity contribution in [2.75, 3.05) is 19.5 Å². The third kappa shape index (κ3) is 2.65. The van der Waals surface area contributed by atoms with Gasteiger partial charge in [0.25, 0.3) is 0 Å². The topological polar surface area (TPSA) is 50.7 Å². The van der Waals surface area contributed by atoms with Crippen molar-refractivity contribution in [1.29, 1.82) is 0 Å². The minimum Gasteiger partial charge on any atom is -0.495 e. The summed E-state index contributed by atoms with van der Waals surface area (Å²) >= 11 is 6.10. The van der Waals surface area contributed by atoms with Crippen LogP contribution in [0.2, 0.25) is 5.02 Å². The number of hydrogen-bond acceptors (Lipinski definition) is 4. The summed E-state index contributed by atoms with van der Waals surface area (Å²) in [5.41, 5.74) is 0.786. The second kappa shape index (κ2) is 5.67. The van der Waals surface area contributed by atoms with Crippen molar-refractivity contribution in [3.8, 4) is 11.5 Å². The predicted molar refractivity (Wildman–Crippen MR) is 71.8 cm³/mol. The molecule has 0 spiro atoms. The minimum atomic E-state index is -0.310. The molecule has 1 saturated carbocycles. The summed E-state index contributed by atoms with van der Waals surface area (Å²) in [6, 6.07) is 3.57. The largest absolute Gasteiger partial charge is 0.495 e. The molecule has 1 fully saturated rings. The highest BCUT2D eigenvalue weighted by Gasteiger charge is 2.26. The third-order valence-electron chi connectivity index (χ3n) is 3.29. The van der Waals surface area contributed by atoms with Crippen LogP contribution in [0.3, 0.4) is 0 Å². The number of aliphatic hydroxyl groups excluding tert-OH is 1. The molecule has 2 N–H and O–H groups in total. The molecule has 0 heterocycles. The van der Waals surface area contributed by atoms with E-state index < -0.39 is 0 Å². The first-order valence-corrected chi connectivity index (χ1v) is 6.39. The highest BCUT2D eigenvalue weighted by molar-refractivity contribution is 6.32. The normalized spacial score (nSPS) is 22.9. The van der Waals surface area contributed by atoms with Gasteiger partial charge in [0.2, 0.25) is 0 Å². The first-order chi connectivity index (χ1) is 8.65. The molecule has 100 valence electrons. The van der Waals surface area contributed by atoms with E-state index in [1.165, 1.54) is 0 Å². The lowest BCUT2D eigenvalue weighted by Gasteiger charge is -2.20. The maximum Gasteiger partial charge on any atom is 0.145 e. The summed E-state index contributed by atoms with van der Waals surface area (Å²) in [5.74, 6) is 1.24. The zero-order valence-corrected chi connectivity index (χ0v) is 11.3. The van der Waals surface area contributed by atoms with E-state index in [9.17, 15) is 5.11 Å². The van der Waals surface area contributed by atoms with Gasteiger partial charge < -0.3 is 19.9 Å². The SMILES string of the molecule is COc1cc(OC)c(NC2CCCC2O)cc1Cl. The van der Waals surface area contributed by atoms with Gasteiger partial charge in [0.05, 0.1) is 37.1 Å². The summed E-state index contributed by atoms with van der Waals surface area (Å²) in [4.78, 5) is 0. The third-order valence-corrected chi connectivity index (χ3v) is 3.59. The van der Waals surface area contributed by atoms with Crippen molar-refractivity contribution in [2.24, 2.45) is 0 Å². The number of hydrogen-bond donors (Lipinski definition) is 2. The molecule has 4 nitrogen and oxygen atoms in total. The van der Waals surface area contributed by atoms with Gasteiger partial charge in [-0.15, -0.1) is 0 Å². The molecule has 1 aliphatic carbocycles. The lowest BCUT2D eigenvalue weighted by molar-refractivity contribution is 0.171. The van der Waals surface area contributed by atoms with Crippen LogP contribution in [0.5, 0.6) is 11.5 Å².